The summed E-state index contributed by atoms with van der Waals surface area (Å²) < 4.78 is 29.1. The Hall–Kier alpha value is -3.10. The van der Waals surface area contributed by atoms with Crippen LogP contribution in [0.5, 0.6) is 0 Å². The molecule has 2 aromatic carbocycles. The zero-order valence-electron chi connectivity index (χ0n) is 15.9. The summed E-state index contributed by atoms with van der Waals surface area (Å²) >= 11 is 1.51. The number of thiazole rings is 1. The van der Waals surface area contributed by atoms with Gasteiger partial charge in [-0.15, -0.1) is 11.3 Å². The molecule has 0 bridgehead atoms. The Morgan fingerprint density at radius 3 is 2.70 bits per heavy atom. The fraction of sp³-hybridized carbons (Fsp3) is 0.136. The number of hydrogen-bond acceptors (Lipinski definition) is 6. The summed E-state index contributed by atoms with van der Waals surface area (Å²) in [5, 5.41) is 0. The van der Waals surface area contributed by atoms with Gasteiger partial charge in [0.15, 0.2) is 0 Å². The molecule has 0 spiro atoms. The van der Waals surface area contributed by atoms with Gasteiger partial charge in [0, 0.05) is 29.4 Å². The molecule has 8 heteroatoms. The van der Waals surface area contributed by atoms with Crippen molar-refractivity contribution in [3.05, 3.63) is 81.6 Å². The van der Waals surface area contributed by atoms with Crippen LogP contribution in [0.2, 0.25) is 0 Å². The minimum absolute atomic E-state index is 0.156. The van der Waals surface area contributed by atoms with Crippen molar-refractivity contribution < 1.29 is 13.2 Å². The van der Waals surface area contributed by atoms with E-state index in [1.807, 2.05) is 13.0 Å². The monoisotopic (exact) mass is 433 g/mol. The van der Waals surface area contributed by atoms with Gasteiger partial charge >= 0.3 is 0 Å². The summed E-state index contributed by atoms with van der Waals surface area (Å²) in [5.41, 5.74) is 7.01. The van der Waals surface area contributed by atoms with Crippen molar-refractivity contribution in [2.24, 2.45) is 4.99 Å². The zero-order chi connectivity index (χ0) is 20.6. The summed E-state index contributed by atoms with van der Waals surface area (Å²) in [4.78, 5) is 22.7. The Morgan fingerprint density at radius 2 is 1.90 bits per heavy atom. The highest BCUT2D eigenvalue weighted by Crippen LogP contribution is 2.37. The molecule has 2 aromatic heterocycles. The maximum absolute atomic E-state index is 13.6. The summed E-state index contributed by atoms with van der Waals surface area (Å²) in [5.74, 6) is -0.308. The van der Waals surface area contributed by atoms with Crippen molar-refractivity contribution in [3.8, 4) is 0 Å². The van der Waals surface area contributed by atoms with E-state index in [0.29, 0.717) is 29.8 Å². The molecule has 30 heavy (non-hydrogen) atoms. The number of benzene rings is 2. The minimum Gasteiger partial charge on any atom is -0.287 e. The lowest BCUT2D eigenvalue weighted by Crippen LogP contribution is -2.27. The van der Waals surface area contributed by atoms with Crippen molar-refractivity contribution in [3.63, 3.8) is 0 Å². The van der Waals surface area contributed by atoms with Crippen LogP contribution in [-0.2, 0) is 16.4 Å². The van der Waals surface area contributed by atoms with Crippen LogP contribution >= 0.6 is 11.3 Å². The number of hydrogen-bond donors (Lipinski definition) is 0. The third kappa shape index (κ3) is 2.28. The molecule has 148 valence electrons. The van der Waals surface area contributed by atoms with Gasteiger partial charge in [-0.2, -0.15) is 0 Å². The van der Waals surface area contributed by atoms with Crippen molar-refractivity contribution in [2.45, 2.75) is 18.2 Å². The molecule has 4 aromatic rings. The lowest BCUT2D eigenvalue weighted by Gasteiger charge is -2.22. The average molecular weight is 434 g/mol. The summed E-state index contributed by atoms with van der Waals surface area (Å²) in [6.07, 6.45) is 2.20. The predicted octanol–water partition coefficient (Wildman–Crippen LogP) is 3.58. The Morgan fingerprint density at radius 1 is 1.10 bits per heavy atom. The van der Waals surface area contributed by atoms with Gasteiger partial charge in [0.25, 0.3) is 10.0 Å². The molecule has 6 rings (SSSR count). The second-order valence-electron chi connectivity index (χ2n) is 7.52. The van der Waals surface area contributed by atoms with Gasteiger partial charge in [0.05, 0.1) is 26.3 Å². The SMILES string of the molecule is Cc1ccc(S(=O)(=O)n2cc3c4c2C(=O)c2cc5ncsc5cc2C4=NCC3)cc1. The topological polar surface area (TPSA) is 81.4 Å². The molecule has 1 aliphatic carbocycles. The first-order chi connectivity index (χ1) is 14.4. The lowest BCUT2D eigenvalue weighted by atomic mass is 9.84. The molecule has 0 unspecified atom stereocenters. The van der Waals surface area contributed by atoms with Crippen molar-refractivity contribution >= 4 is 43.1 Å². The number of aryl methyl sites for hydroxylation is 1. The molecule has 0 atom stereocenters. The Bertz CT molecular complexity index is 1520. The van der Waals surface area contributed by atoms with Crippen LogP contribution in [0, 0.1) is 6.92 Å². The molecule has 2 aliphatic rings. The van der Waals surface area contributed by atoms with E-state index in [2.05, 4.69) is 9.98 Å². The molecule has 0 saturated heterocycles. The first kappa shape index (κ1) is 17.7. The highest BCUT2D eigenvalue weighted by atomic mass is 32.2. The van der Waals surface area contributed by atoms with Gasteiger partial charge in [-0.25, -0.2) is 17.4 Å². The first-order valence-electron chi connectivity index (χ1n) is 9.49. The van der Waals surface area contributed by atoms with E-state index in [0.717, 1.165) is 30.9 Å². The van der Waals surface area contributed by atoms with E-state index < -0.39 is 10.0 Å². The van der Waals surface area contributed by atoms with Crippen molar-refractivity contribution in [1.82, 2.24) is 8.96 Å². The number of rotatable bonds is 2. The largest absolute Gasteiger partial charge is 0.287 e. The molecular weight excluding hydrogens is 418 g/mol. The van der Waals surface area contributed by atoms with E-state index in [1.165, 1.54) is 11.3 Å². The van der Waals surface area contributed by atoms with E-state index in [1.54, 1.807) is 42.0 Å². The number of fused-ring (bicyclic) bond motifs is 3. The summed E-state index contributed by atoms with van der Waals surface area (Å²) in [6, 6.07) is 10.4. The van der Waals surface area contributed by atoms with Gasteiger partial charge in [0.2, 0.25) is 5.78 Å². The second-order valence-corrected chi connectivity index (χ2v) is 10.2. The molecule has 0 N–H and O–H groups in total. The molecule has 0 saturated carbocycles. The third-order valence-electron chi connectivity index (χ3n) is 5.70. The fourth-order valence-corrected chi connectivity index (χ4v) is 6.30. The normalized spacial score (nSPS) is 15.1. The van der Waals surface area contributed by atoms with Crippen LogP contribution in [0.15, 0.2) is 58.0 Å². The van der Waals surface area contributed by atoms with Gasteiger partial charge in [-0.05, 0) is 43.2 Å². The fourth-order valence-electron chi connectivity index (χ4n) is 4.22. The van der Waals surface area contributed by atoms with Crippen LogP contribution in [0.25, 0.3) is 10.2 Å². The van der Waals surface area contributed by atoms with Crippen LogP contribution in [0.1, 0.15) is 38.3 Å². The van der Waals surface area contributed by atoms with Gasteiger partial charge in [-0.3, -0.25) is 9.79 Å². The van der Waals surface area contributed by atoms with Crippen LogP contribution in [-0.4, -0.2) is 35.4 Å². The molecule has 0 amide bonds. The predicted molar refractivity (Wildman–Crippen MR) is 115 cm³/mol. The molecule has 0 radical (unpaired) electrons. The summed E-state index contributed by atoms with van der Waals surface area (Å²) in [7, 11) is -3.92. The van der Waals surface area contributed by atoms with Crippen molar-refractivity contribution in [1.29, 1.82) is 0 Å². The highest BCUT2D eigenvalue weighted by molar-refractivity contribution is 7.90. The lowest BCUT2D eigenvalue weighted by molar-refractivity contribution is 0.103. The van der Waals surface area contributed by atoms with Crippen LogP contribution in [0.3, 0.4) is 0 Å². The maximum Gasteiger partial charge on any atom is 0.268 e. The molecule has 6 nitrogen and oxygen atoms in total. The number of nitrogens with zero attached hydrogens (tertiary/aromatic N) is 3. The number of carbonyl (C=O) groups is 1. The highest BCUT2D eigenvalue weighted by Gasteiger charge is 2.38. The Kier molecular flexibility index (Phi) is 3.52. The smallest absolute Gasteiger partial charge is 0.268 e. The molecule has 3 heterocycles. The number of aliphatic imine (C=N–C) groups is 1. The number of aromatic nitrogens is 2. The van der Waals surface area contributed by atoms with E-state index in [9.17, 15) is 13.2 Å². The second kappa shape index (κ2) is 5.96. The Labute approximate surface area is 176 Å². The standard InChI is InChI=1S/C22H15N3O3S2/c1-12-2-4-14(5-3-12)30(27,28)25-10-13-6-7-23-20-15-9-18-17(24-11-29-18)8-16(15)22(26)21(25)19(13)20/h2-5,8-11H,6-7H2,1H3. The zero-order valence-corrected chi connectivity index (χ0v) is 17.5. The molecule has 1 aliphatic heterocycles. The van der Waals surface area contributed by atoms with E-state index in [-0.39, 0.29) is 16.4 Å². The molecule has 0 fully saturated rings. The maximum atomic E-state index is 13.6. The number of carbonyl (C=O) groups excluding carboxylic acids is 1. The van der Waals surface area contributed by atoms with Gasteiger partial charge < -0.3 is 0 Å². The van der Waals surface area contributed by atoms with Crippen molar-refractivity contribution in [2.75, 3.05) is 6.54 Å². The van der Waals surface area contributed by atoms with Gasteiger partial charge in [0.1, 0.15) is 5.69 Å². The van der Waals surface area contributed by atoms with Crippen LogP contribution < -0.4 is 0 Å². The minimum atomic E-state index is -3.92. The quantitative estimate of drug-likeness (QED) is 0.426. The number of ketones is 1. The van der Waals surface area contributed by atoms with E-state index in [4.69, 9.17) is 0 Å². The average Bonchev–Trinajstić information content (AvgIpc) is 3.36. The Balaban J connectivity index is 1.64. The molecular formula is C22H15N3O3S2. The summed E-state index contributed by atoms with van der Waals surface area (Å²) in [6.45, 7) is 2.46. The van der Waals surface area contributed by atoms with E-state index >= 15 is 0 Å². The van der Waals surface area contributed by atoms with Crippen LogP contribution in [0.4, 0.5) is 0 Å². The van der Waals surface area contributed by atoms with Gasteiger partial charge in [-0.1, -0.05) is 17.7 Å². The third-order valence-corrected chi connectivity index (χ3v) is 8.17. The first-order valence-corrected chi connectivity index (χ1v) is 11.8.